The third-order valence-electron chi connectivity index (χ3n) is 4.56. The lowest BCUT2D eigenvalue weighted by atomic mass is 9.91. The molecule has 1 aliphatic rings. The second kappa shape index (κ2) is 6.17. The number of piperidine rings is 1. The summed E-state index contributed by atoms with van der Waals surface area (Å²) >= 11 is 0. The van der Waals surface area contributed by atoms with Crippen LogP contribution in [0.2, 0.25) is 0 Å². The molecular formula is C19H25N3. The van der Waals surface area contributed by atoms with Crippen molar-refractivity contribution in [1.29, 1.82) is 0 Å². The van der Waals surface area contributed by atoms with Gasteiger partial charge in [0.05, 0.1) is 23.5 Å². The lowest BCUT2D eigenvalue weighted by molar-refractivity contribution is 0.319. The first kappa shape index (κ1) is 15.2. The Kier molecular flexibility index (Phi) is 4.25. The van der Waals surface area contributed by atoms with Crippen LogP contribution in [0.5, 0.6) is 0 Å². The van der Waals surface area contributed by atoms with Crippen molar-refractivity contribution < 1.29 is 0 Å². The first-order chi connectivity index (χ1) is 10.5. The number of nitrogens with zero attached hydrogens (tertiary/aromatic N) is 2. The SMILES string of the molecule is Cc1cnc([C@@H]2CCC[C@H](c3ncc(C)cc3C)N2)c(C)c1. The first-order valence-corrected chi connectivity index (χ1v) is 8.17. The number of aromatic nitrogens is 2. The highest BCUT2D eigenvalue weighted by Crippen LogP contribution is 2.33. The van der Waals surface area contributed by atoms with Crippen molar-refractivity contribution in [2.45, 2.75) is 59.0 Å². The van der Waals surface area contributed by atoms with Gasteiger partial charge >= 0.3 is 0 Å². The minimum atomic E-state index is 0.335. The summed E-state index contributed by atoms with van der Waals surface area (Å²) in [6.45, 7) is 8.52. The van der Waals surface area contributed by atoms with E-state index in [0.717, 1.165) is 12.8 Å². The zero-order valence-electron chi connectivity index (χ0n) is 14.0. The second-order valence-electron chi connectivity index (χ2n) is 6.63. The number of hydrogen-bond acceptors (Lipinski definition) is 3. The molecule has 0 spiro atoms. The van der Waals surface area contributed by atoms with Crippen LogP contribution in [0.3, 0.4) is 0 Å². The summed E-state index contributed by atoms with van der Waals surface area (Å²) in [5.74, 6) is 0. The minimum Gasteiger partial charge on any atom is -0.300 e. The molecule has 0 aliphatic carbocycles. The van der Waals surface area contributed by atoms with E-state index in [9.17, 15) is 0 Å². The molecule has 1 N–H and O–H groups in total. The largest absolute Gasteiger partial charge is 0.300 e. The highest BCUT2D eigenvalue weighted by Gasteiger charge is 2.26. The van der Waals surface area contributed by atoms with E-state index in [0.29, 0.717) is 12.1 Å². The van der Waals surface area contributed by atoms with Crippen LogP contribution < -0.4 is 5.32 Å². The summed E-state index contributed by atoms with van der Waals surface area (Å²) < 4.78 is 0. The molecule has 0 amide bonds. The standard InChI is InChI=1S/C19H25N3/c1-12-8-14(3)18(20-10-12)16-6-5-7-17(22-16)19-15(4)9-13(2)11-21-19/h8-11,16-17,22H,5-7H2,1-4H3/t16-,17+. The summed E-state index contributed by atoms with van der Waals surface area (Å²) in [5, 5.41) is 3.78. The normalized spacial score (nSPS) is 21.8. The van der Waals surface area contributed by atoms with Crippen LogP contribution in [0.4, 0.5) is 0 Å². The van der Waals surface area contributed by atoms with Crippen molar-refractivity contribution in [3.63, 3.8) is 0 Å². The Morgan fingerprint density at radius 3 is 1.68 bits per heavy atom. The number of aryl methyl sites for hydroxylation is 4. The molecule has 3 rings (SSSR count). The molecule has 1 saturated heterocycles. The molecule has 0 saturated carbocycles. The summed E-state index contributed by atoms with van der Waals surface area (Å²) in [6.07, 6.45) is 7.47. The molecule has 3 nitrogen and oxygen atoms in total. The smallest absolute Gasteiger partial charge is 0.0602 e. The van der Waals surface area contributed by atoms with Gasteiger partial charge in [-0.1, -0.05) is 12.1 Å². The summed E-state index contributed by atoms with van der Waals surface area (Å²) in [5.41, 5.74) is 7.41. The highest BCUT2D eigenvalue weighted by molar-refractivity contribution is 5.29. The van der Waals surface area contributed by atoms with Crippen LogP contribution in [0.25, 0.3) is 0 Å². The van der Waals surface area contributed by atoms with Crippen LogP contribution in [0.15, 0.2) is 24.5 Å². The minimum absolute atomic E-state index is 0.335. The van der Waals surface area contributed by atoms with E-state index in [2.05, 4.69) is 55.1 Å². The zero-order valence-corrected chi connectivity index (χ0v) is 14.0. The van der Waals surface area contributed by atoms with Crippen molar-refractivity contribution in [2.75, 3.05) is 0 Å². The molecule has 0 unspecified atom stereocenters. The molecule has 0 radical (unpaired) electrons. The van der Waals surface area contributed by atoms with Gasteiger partial charge in [-0.2, -0.15) is 0 Å². The molecular weight excluding hydrogens is 270 g/mol. The highest BCUT2D eigenvalue weighted by atomic mass is 15.0. The molecule has 2 aromatic rings. The van der Waals surface area contributed by atoms with E-state index in [1.165, 1.54) is 40.1 Å². The maximum absolute atomic E-state index is 4.68. The molecule has 3 heterocycles. The van der Waals surface area contributed by atoms with Crippen LogP contribution in [-0.4, -0.2) is 9.97 Å². The number of rotatable bonds is 2. The van der Waals surface area contributed by atoms with Crippen LogP contribution >= 0.6 is 0 Å². The topological polar surface area (TPSA) is 37.8 Å². The Balaban J connectivity index is 1.85. The van der Waals surface area contributed by atoms with Gasteiger partial charge in [-0.3, -0.25) is 9.97 Å². The Morgan fingerprint density at radius 1 is 0.818 bits per heavy atom. The maximum Gasteiger partial charge on any atom is 0.0602 e. The van der Waals surface area contributed by atoms with Gasteiger partial charge in [0.25, 0.3) is 0 Å². The predicted molar refractivity (Wildman–Crippen MR) is 89.9 cm³/mol. The zero-order chi connectivity index (χ0) is 15.7. The second-order valence-corrected chi connectivity index (χ2v) is 6.63. The average Bonchev–Trinajstić information content (AvgIpc) is 2.47. The molecule has 3 heteroatoms. The summed E-state index contributed by atoms with van der Waals surface area (Å²) in [7, 11) is 0. The molecule has 2 aromatic heterocycles. The van der Waals surface area contributed by atoms with Crippen molar-refractivity contribution >= 4 is 0 Å². The van der Waals surface area contributed by atoms with E-state index in [1.807, 2.05) is 12.4 Å². The first-order valence-electron chi connectivity index (χ1n) is 8.17. The van der Waals surface area contributed by atoms with Crippen LogP contribution in [0, 0.1) is 27.7 Å². The Labute approximate surface area is 133 Å². The Hall–Kier alpha value is -1.74. The predicted octanol–water partition coefficient (Wildman–Crippen LogP) is 4.27. The lowest BCUT2D eigenvalue weighted by Gasteiger charge is -2.32. The van der Waals surface area contributed by atoms with Gasteiger partial charge in [0.15, 0.2) is 0 Å². The monoisotopic (exact) mass is 295 g/mol. The van der Waals surface area contributed by atoms with Crippen molar-refractivity contribution in [3.8, 4) is 0 Å². The van der Waals surface area contributed by atoms with Gasteiger partial charge in [0.2, 0.25) is 0 Å². The lowest BCUT2D eigenvalue weighted by Crippen LogP contribution is -2.32. The summed E-state index contributed by atoms with van der Waals surface area (Å²) in [4.78, 5) is 9.37. The number of hydrogen-bond donors (Lipinski definition) is 1. The molecule has 0 aromatic carbocycles. The summed E-state index contributed by atoms with van der Waals surface area (Å²) in [6, 6.07) is 5.12. The fraction of sp³-hybridized carbons (Fsp3) is 0.474. The number of pyridine rings is 2. The fourth-order valence-corrected chi connectivity index (χ4v) is 3.55. The molecule has 0 bridgehead atoms. The van der Waals surface area contributed by atoms with Gasteiger partial charge in [0, 0.05) is 12.4 Å². The van der Waals surface area contributed by atoms with Gasteiger partial charge < -0.3 is 5.32 Å². The van der Waals surface area contributed by atoms with E-state index in [1.54, 1.807) is 0 Å². The molecule has 2 atom stereocenters. The molecule has 1 aliphatic heterocycles. The van der Waals surface area contributed by atoms with Crippen LogP contribution in [-0.2, 0) is 0 Å². The third kappa shape index (κ3) is 3.05. The average molecular weight is 295 g/mol. The van der Waals surface area contributed by atoms with Crippen molar-refractivity contribution in [3.05, 3.63) is 58.2 Å². The molecule has 116 valence electrons. The fourth-order valence-electron chi connectivity index (χ4n) is 3.55. The van der Waals surface area contributed by atoms with E-state index in [4.69, 9.17) is 0 Å². The van der Waals surface area contributed by atoms with Gasteiger partial charge in [-0.15, -0.1) is 0 Å². The van der Waals surface area contributed by atoms with Gasteiger partial charge in [-0.05, 0) is 69.2 Å². The van der Waals surface area contributed by atoms with E-state index in [-0.39, 0.29) is 0 Å². The van der Waals surface area contributed by atoms with E-state index >= 15 is 0 Å². The van der Waals surface area contributed by atoms with E-state index < -0.39 is 0 Å². The van der Waals surface area contributed by atoms with Crippen molar-refractivity contribution in [2.24, 2.45) is 0 Å². The van der Waals surface area contributed by atoms with Crippen LogP contribution in [0.1, 0.15) is 65.0 Å². The quantitative estimate of drug-likeness (QED) is 0.899. The number of nitrogens with one attached hydrogen (secondary N) is 1. The third-order valence-corrected chi connectivity index (χ3v) is 4.56. The molecule has 1 fully saturated rings. The van der Waals surface area contributed by atoms with Crippen molar-refractivity contribution in [1.82, 2.24) is 15.3 Å². The van der Waals surface area contributed by atoms with Gasteiger partial charge in [-0.25, -0.2) is 0 Å². The molecule has 22 heavy (non-hydrogen) atoms. The maximum atomic E-state index is 4.68. The Morgan fingerprint density at radius 2 is 1.27 bits per heavy atom. The van der Waals surface area contributed by atoms with Gasteiger partial charge in [0.1, 0.15) is 0 Å². The Bertz CT molecular complexity index is 621.